The van der Waals surface area contributed by atoms with Crippen LogP contribution >= 0.6 is 0 Å². The summed E-state index contributed by atoms with van der Waals surface area (Å²) in [6, 6.07) is 4.23. The van der Waals surface area contributed by atoms with Crippen LogP contribution in [0.4, 0.5) is 4.39 Å². The first kappa shape index (κ1) is 9.46. The monoisotopic (exact) mass is 196 g/mol. The standard InChI is InChI=1S/C11H13FO2/c1-11(2)6-14-9-4-3-7(12)5-8(9)10(11)13/h3-5,10,13H,6H2,1-2H3. The Morgan fingerprint density at radius 2 is 2.21 bits per heavy atom. The van der Waals surface area contributed by atoms with Crippen molar-refractivity contribution in [3.8, 4) is 5.75 Å². The molecule has 0 spiro atoms. The van der Waals surface area contributed by atoms with Crippen molar-refractivity contribution < 1.29 is 14.2 Å². The second kappa shape index (κ2) is 2.95. The van der Waals surface area contributed by atoms with E-state index in [2.05, 4.69) is 0 Å². The van der Waals surface area contributed by atoms with E-state index in [1.165, 1.54) is 12.1 Å². The topological polar surface area (TPSA) is 29.5 Å². The summed E-state index contributed by atoms with van der Waals surface area (Å²) in [5.74, 6) is 0.238. The molecule has 0 aliphatic carbocycles. The Morgan fingerprint density at radius 3 is 2.93 bits per heavy atom. The highest BCUT2D eigenvalue weighted by molar-refractivity contribution is 5.38. The zero-order valence-corrected chi connectivity index (χ0v) is 8.25. The smallest absolute Gasteiger partial charge is 0.125 e. The maximum absolute atomic E-state index is 13.0. The lowest BCUT2D eigenvalue weighted by atomic mass is 9.81. The third-order valence-electron chi connectivity index (χ3n) is 2.61. The second-order valence-corrected chi connectivity index (χ2v) is 4.36. The Labute approximate surface area is 82.3 Å². The highest BCUT2D eigenvalue weighted by Gasteiger charge is 2.36. The number of fused-ring (bicyclic) bond motifs is 1. The molecule has 0 saturated carbocycles. The fourth-order valence-corrected chi connectivity index (χ4v) is 1.63. The first-order chi connectivity index (χ1) is 6.50. The van der Waals surface area contributed by atoms with E-state index in [-0.39, 0.29) is 11.2 Å². The molecule has 0 radical (unpaired) electrons. The average Bonchev–Trinajstić information content (AvgIpc) is 2.13. The van der Waals surface area contributed by atoms with Crippen LogP contribution in [0.25, 0.3) is 0 Å². The van der Waals surface area contributed by atoms with Crippen molar-refractivity contribution in [3.63, 3.8) is 0 Å². The van der Waals surface area contributed by atoms with Gasteiger partial charge in [0, 0.05) is 11.0 Å². The summed E-state index contributed by atoms with van der Waals surface area (Å²) >= 11 is 0. The fraction of sp³-hybridized carbons (Fsp3) is 0.455. The summed E-state index contributed by atoms with van der Waals surface area (Å²) in [6.45, 7) is 4.24. The molecule has 1 heterocycles. The quantitative estimate of drug-likeness (QED) is 0.689. The number of halogens is 1. The highest BCUT2D eigenvalue weighted by Crippen LogP contribution is 2.42. The van der Waals surface area contributed by atoms with Gasteiger partial charge in [-0.3, -0.25) is 0 Å². The molecule has 0 fully saturated rings. The van der Waals surface area contributed by atoms with E-state index < -0.39 is 6.10 Å². The zero-order valence-electron chi connectivity index (χ0n) is 8.25. The third-order valence-corrected chi connectivity index (χ3v) is 2.61. The molecule has 0 saturated heterocycles. The van der Waals surface area contributed by atoms with Crippen LogP contribution < -0.4 is 4.74 Å². The summed E-state index contributed by atoms with van der Waals surface area (Å²) in [7, 11) is 0. The Balaban J connectivity index is 2.48. The Morgan fingerprint density at radius 1 is 1.50 bits per heavy atom. The number of aliphatic hydroxyl groups excluding tert-OH is 1. The number of ether oxygens (including phenoxy) is 1. The number of benzene rings is 1. The van der Waals surface area contributed by atoms with E-state index in [0.29, 0.717) is 17.9 Å². The van der Waals surface area contributed by atoms with Crippen LogP contribution in [-0.4, -0.2) is 11.7 Å². The van der Waals surface area contributed by atoms with Gasteiger partial charge in [0.2, 0.25) is 0 Å². The molecule has 76 valence electrons. The van der Waals surface area contributed by atoms with Crippen molar-refractivity contribution >= 4 is 0 Å². The van der Waals surface area contributed by atoms with E-state index in [9.17, 15) is 9.50 Å². The summed E-state index contributed by atoms with van der Waals surface area (Å²) in [4.78, 5) is 0. The molecule has 1 N–H and O–H groups in total. The van der Waals surface area contributed by atoms with Gasteiger partial charge in [0.15, 0.2) is 0 Å². The lowest BCUT2D eigenvalue weighted by Gasteiger charge is -2.36. The van der Waals surface area contributed by atoms with Crippen molar-refractivity contribution in [2.75, 3.05) is 6.61 Å². The van der Waals surface area contributed by atoms with Crippen molar-refractivity contribution in [1.82, 2.24) is 0 Å². The van der Waals surface area contributed by atoms with Crippen LogP contribution in [0, 0.1) is 11.2 Å². The molecule has 1 aromatic carbocycles. The SMILES string of the molecule is CC1(C)COc2ccc(F)cc2C1O. The van der Waals surface area contributed by atoms with E-state index in [1.54, 1.807) is 6.07 Å². The van der Waals surface area contributed by atoms with Crippen LogP contribution in [0.15, 0.2) is 18.2 Å². The fourth-order valence-electron chi connectivity index (χ4n) is 1.63. The summed E-state index contributed by atoms with van der Waals surface area (Å²) in [5.41, 5.74) is 0.182. The Hall–Kier alpha value is -1.09. The molecule has 0 bridgehead atoms. The van der Waals surface area contributed by atoms with Crippen molar-refractivity contribution in [1.29, 1.82) is 0 Å². The van der Waals surface area contributed by atoms with Gasteiger partial charge in [0.1, 0.15) is 11.6 Å². The minimum Gasteiger partial charge on any atom is -0.493 e. The molecular weight excluding hydrogens is 183 g/mol. The van der Waals surface area contributed by atoms with Crippen LogP contribution in [0.2, 0.25) is 0 Å². The zero-order chi connectivity index (χ0) is 10.3. The molecule has 2 rings (SSSR count). The van der Waals surface area contributed by atoms with E-state index >= 15 is 0 Å². The van der Waals surface area contributed by atoms with Gasteiger partial charge in [0.05, 0.1) is 12.7 Å². The van der Waals surface area contributed by atoms with Gasteiger partial charge >= 0.3 is 0 Å². The normalized spacial score (nSPS) is 23.9. The highest BCUT2D eigenvalue weighted by atomic mass is 19.1. The molecule has 3 heteroatoms. The molecule has 1 atom stereocenters. The van der Waals surface area contributed by atoms with Gasteiger partial charge in [-0.05, 0) is 18.2 Å². The average molecular weight is 196 g/mol. The number of aliphatic hydroxyl groups is 1. The molecule has 0 aromatic heterocycles. The lowest BCUT2D eigenvalue weighted by molar-refractivity contribution is -0.00746. The van der Waals surface area contributed by atoms with Crippen LogP contribution in [0.5, 0.6) is 5.75 Å². The van der Waals surface area contributed by atoms with Crippen molar-refractivity contribution in [2.24, 2.45) is 5.41 Å². The van der Waals surface area contributed by atoms with Crippen molar-refractivity contribution in [2.45, 2.75) is 20.0 Å². The second-order valence-electron chi connectivity index (χ2n) is 4.36. The summed E-state index contributed by atoms with van der Waals surface area (Å²) in [5, 5.41) is 9.97. The lowest BCUT2D eigenvalue weighted by Crippen LogP contribution is -2.33. The van der Waals surface area contributed by atoms with Gasteiger partial charge in [-0.15, -0.1) is 0 Å². The predicted octanol–water partition coefficient (Wildman–Crippen LogP) is 2.28. The molecular formula is C11H13FO2. The van der Waals surface area contributed by atoms with Crippen LogP contribution in [-0.2, 0) is 0 Å². The number of rotatable bonds is 0. The Kier molecular flexibility index (Phi) is 2.00. The first-order valence-corrected chi connectivity index (χ1v) is 4.61. The first-order valence-electron chi connectivity index (χ1n) is 4.61. The van der Waals surface area contributed by atoms with E-state index in [1.807, 2.05) is 13.8 Å². The van der Waals surface area contributed by atoms with Gasteiger partial charge in [-0.25, -0.2) is 4.39 Å². The predicted molar refractivity (Wildman–Crippen MR) is 50.6 cm³/mol. The maximum Gasteiger partial charge on any atom is 0.125 e. The van der Waals surface area contributed by atoms with Gasteiger partial charge in [0.25, 0.3) is 0 Å². The molecule has 1 aliphatic heterocycles. The van der Waals surface area contributed by atoms with Gasteiger partial charge < -0.3 is 9.84 Å². The molecule has 14 heavy (non-hydrogen) atoms. The minimum absolute atomic E-state index is 0.343. The van der Waals surface area contributed by atoms with E-state index in [4.69, 9.17) is 4.74 Å². The van der Waals surface area contributed by atoms with Gasteiger partial charge in [-0.1, -0.05) is 13.8 Å². The third kappa shape index (κ3) is 1.38. The van der Waals surface area contributed by atoms with E-state index in [0.717, 1.165) is 0 Å². The largest absolute Gasteiger partial charge is 0.493 e. The molecule has 2 nitrogen and oxygen atoms in total. The molecule has 1 aliphatic rings. The summed E-state index contributed by atoms with van der Waals surface area (Å²) < 4.78 is 18.4. The number of hydrogen-bond donors (Lipinski definition) is 1. The molecule has 1 aromatic rings. The van der Waals surface area contributed by atoms with Crippen LogP contribution in [0.1, 0.15) is 25.5 Å². The van der Waals surface area contributed by atoms with Crippen LogP contribution in [0.3, 0.4) is 0 Å². The maximum atomic E-state index is 13.0. The molecule has 1 unspecified atom stereocenters. The summed E-state index contributed by atoms with van der Waals surface area (Å²) in [6.07, 6.45) is -0.665. The number of hydrogen-bond acceptors (Lipinski definition) is 2. The molecule has 0 amide bonds. The Bertz CT molecular complexity index is 360. The van der Waals surface area contributed by atoms with Gasteiger partial charge in [-0.2, -0.15) is 0 Å². The van der Waals surface area contributed by atoms with Crippen molar-refractivity contribution in [3.05, 3.63) is 29.6 Å². The minimum atomic E-state index is -0.665.